The molecule has 1 N–H and O–H groups in total. The van der Waals surface area contributed by atoms with Gasteiger partial charge in [0.25, 0.3) is 0 Å². The summed E-state index contributed by atoms with van der Waals surface area (Å²) in [6.45, 7) is 10.2. The fourth-order valence-corrected chi connectivity index (χ4v) is 5.29. The molecule has 198 valence electrons. The lowest BCUT2D eigenvalue weighted by Crippen LogP contribution is -2.17. The number of thiophene rings is 1. The van der Waals surface area contributed by atoms with Crippen LogP contribution in [0.4, 0.5) is 5.00 Å². The third kappa shape index (κ3) is 7.10. The number of esters is 2. The Morgan fingerprint density at radius 3 is 2.32 bits per heavy atom. The van der Waals surface area contributed by atoms with Crippen molar-refractivity contribution in [2.75, 3.05) is 24.3 Å². The molecule has 0 aliphatic rings. The number of nitrogens with one attached hydrogen (secondary N) is 1. The van der Waals surface area contributed by atoms with Crippen LogP contribution in [-0.2, 0) is 27.4 Å². The summed E-state index contributed by atoms with van der Waals surface area (Å²) in [5.74, 6) is -0.139. The van der Waals surface area contributed by atoms with Crippen LogP contribution in [-0.4, -0.2) is 51.6 Å². The highest BCUT2D eigenvalue weighted by molar-refractivity contribution is 7.99. The normalized spacial score (nSPS) is 10.7. The number of hydrogen-bond acceptors (Lipinski definition) is 10. The lowest BCUT2D eigenvalue weighted by Gasteiger charge is -2.09. The standard InChI is InChI=1S/C25H30N4O6S2/c1-6-29-18(13-35-17-11-9-15(4)10-12-17)27-28-25(29)36-14-19(30)26-22-20(23(31)33-7-2)16(5)21(37-22)24(32)34-8-3/h9-12H,6-8,13-14H2,1-5H3,(H,26,30). The van der Waals surface area contributed by atoms with Crippen molar-refractivity contribution in [2.45, 2.75) is 52.9 Å². The molecule has 1 amide bonds. The number of aromatic nitrogens is 3. The molecule has 0 aliphatic carbocycles. The molecule has 3 rings (SSSR count). The highest BCUT2D eigenvalue weighted by Crippen LogP contribution is 2.34. The van der Waals surface area contributed by atoms with E-state index in [1.54, 1.807) is 20.8 Å². The largest absolute Gasteiger partial charge is 0.486 e. The van der Waals surface area contributed by atoms with Gasteiger partial charge in [-0.2, -0.15) is 0 Å². The van der Waals surface area contributed by atoms with E-state index in [9.17, 15) is 14.4 Å². The van der Waals surface area contributed by atoms with Gasteiger partial charge in [0.15, 0.2) is 11.0 Å². The van der Waals surface area contributed by atoms with Gasteiger partial charge in [-0.15, -0.1) is 21.5 Å². The van der Waals surface area contributed by atoms with E-state index in [0.717, 1.165) is 22.6 Å². The summed E-state index contributed by atoms with van der Waals surface area (Å²) in [6, 6.07) is 7.73. The van der Waals surface area contributed by atoms with Gasteiger partial charge in [0.1, 0.15) is 22.2 Å². The van der Waals surface area contributed by atoms with Crippen LogP contribution in [0.25, 0.3) is 0 Å². The van der Waals surface area contributed by atoms with Gasteiger partial charge >= 0.3 is 11.9 Å². The van der Waals surface area contributed by atoms with Crippen molar-refractivity contribution in [3.8, 4) is 5.75 Å². The van der Waals surface area contributed by atoms with E-state index < -0.39 is 11.9 Å². The summed E-state index contributed by atoms with van der Waals surface area (Å²) >= 11 is 2.20. The van der Waals surface area contributed by atoms with Gasteiger partial charge in [-0.1, -0.05) is 29.5 Å². The lowest BCUT2D eigenvalue weighted by molar-refractivity contribution is -0.113. The molecule has 0 unspecified atom stereocenters. The second-order valence-electron chi connectivity index (χ2n) is 7.78. The van der Waals surface area contributed by atoms with Gasteiger partial charge in [0.05, 0.1) is 24.5 Å². The molecule has 0 spiro atoms. The number of carbonyl (C=O) groups excluding carboxylic acids is 3. The van der Waals surface area contributed by atoms with Gasteiger partial charge in [-0.3, -0.25) is 4.79 Å². The van der Waals surface area contributed by atoms with Crippen molar-refractivity contribution >= 4 is 45.9 Å². The maximum atomic E-state index is 12.8. The quantitative estimate of drug-likeness (QED) is 0.256. The number of carbonyl (C=O) groups is 3. The SMILES string of the molecule is CCOC(=O)c1sc(NC(=O)CSc2nnc(COc3ccc(C)cc3)n2CC)c(C(=O)OCC)c1C. The molecule has 12 heteroatoms. The first kappa shape index (κ1) is 28.2. The number of amides is 1. The fourth-order valence-electron chi connectivity index (χ4n) is 3.37. The molecule has 0 saturated heterocycles. The van der Waals surface area contributed by atoms with Crippen LogP contribution in [0, 0.1) is 13.8 Å². The number of nitrogens with zero attached hydrogens (tertiary/aromatic N) is 3. The summed E-state index contributed by atoms with van der Waals surface area (Å²) in [6.07, 6.45) is 0. The van der Waals surface area contributed by atoms with Crippen molar-refractivity contribution < 1.29 is 28.6 Å². The molecule has 37 heavy (non-hydrogen) atoms. The molecule has 1 aromatic carbocycles. The van der Waals surface area contributed by atoms with Crippen molar-refractivity contribution in [3.05, 3.63) is 51.7 Å². The van der Waals surface area contributed by atoms with E-state index in [2.05, 4.69) is 15.5 Å². The zero-order chi connectivity index (χ0) is 26.9. The lowest BCUT2D eigenvalue weighted by atomic mass is 10.1. The van der Waals surface area contributed by atoms with E-state index in [0.29, 0.717) is 23.1 Å². The molecule has 0 saturated carbocycles. The van der Waals surface area contributed by atoms with Crippen molar-refractivity contribution in [3.63, 3.8) is 0 Å². The van der Waals surface area contributed by atoms with Crippen molar-refractivity contribution in [2.24, 2.45) is 0 Å². The van der Waals surface area contributed by atoms with E-state index >= 15 is 0 Å². The maximum Gasteiger partial charge on any atom is 0.348 e. The van der Waals surface area contributed by atoms with Gasteiger partial charge in [0.2, 0.25) is 5.91 Å². The Bertz CT molecular complexity index is 1250. The molecule has 0 aliphatic heterocycles. The Balaban J connectivity index is 1.68. The Kier molecular flexibility index (Phi) is 10.1. The predicted octanol–water partition coefficient (Wildman–Crippen LogP) is 4.64. The van der Waals surface area contributed by atoms with Crippen LogP contribution in [0.2, 0.25) is 0 Å². The fraction of sp³-hybridized carbons (Fsp3) is 0.400. The maximum absolute atomic E-state index is 12.8. The Hall–Kier alpha value is -3.38. The zero-order valence-corrected chi connectivity index (χ0v) is 23.1. The predicted molar refractivity (Wildman–Crippen MR) is 142 cm³/mol. The van der Waals surface area contributed by atoms with E-state index in [4.69, 9.17) is 14.2 Å². The van der Waals surface area contributed by atoms with Crippen LogP contribution in [0.15, 0.2) is 29.4 Å². The molecule has 3 aromatic rings. The monoisotopic (exact) mass is 546 g/mol. The Morgan fingerprint density at radius 2 is 1.68 bits per heavy atom. The number of anilines is 1. The summed E-state index contributed by atoms with van der Waals surface area (Å²) in [4.78, 5) is 37.9. The topological polar surface area (TPSA) is 122 Å². The zero-order valence-electron chi connectivity index (χ0n) is 21.5. The summed E-state index contributed by atoms with van der Waals surface area (Å²) in [5, 5.41) is 12.0. The second kappa shape index (κ2) is 13.2. The molecular weight excluding hydrogens is 516 g/mol. The molecule has 0 fully saturated rings. The molecule has 10 nitrogen and oxygen atoms in total. The van der Waals surface area contributed by atoms with Crippen LogP contribution in [0.3, 0.4) is 0 Å². The van der Waals surface area contributed by atoms with E-state index in [-0.39, 0.29) is 46.9 Å². The molecule has 0 radical (unpaired) electrons. The number of rotatable bonds is 12. The molecule has 2 heterocycles. The van der Waals surface area contributed by atoms with E-state index in [1.165, 1.54) is 11.8 Å². The summed E-state index contributed by atoms with van der Waals surface area (Å²) < 4.78 is 17.9. The summed E-state index contributed by atoms with van der Waals surface area (Å²) in [5.41, 5.74) is 1.71. The molecule has 0 atom stereocenters. The van der Waals surface area contributed by atoms with Gasteiger partial charge in [0, 0.05) is 6.54 Å². The first-order valence-electron chi connectivity index (χ1n) is 11.8. The smallest absolute Gasteiger partial charge is 0.348 e. The number of benzene rings is 1. The minimum atomic E-state index is -0.612. The first-order valence-corrected chi connectivity index (χ1v) is 13.6. The summed E-state index contributed by atoms with van der Waals surface area (Å²) in [7, 11) is 0. The highest BCUT2D eigenvalue weighted by Gasteiger charge is 2.27. The first-order chi connectivity index (χ1) is 17.8. The average Bonchev–Trinajstić information content (AvgIpc) is 3.42. The highest BCUT2D eigenvalue weighted by atomic mass is 32.2. The Labute approximate surface area is 223 Å². The number of hydrogen-bond donors (Lipinski definition) is 1. The van der Waals surface area contributed by atoms with Crippen molar-refractivity contribution in [1.29, 1.82) is 0 Å². The van der Waals surface area contributed by atoms with Crippen LogP contribution >= 0.6 is 23.1 Å². The molecule has 0 bridgehead atoms. The minimum absolute atomic E-state index is 0.0188. The number of ether oxygens (including phenoxy) is 3. The third-order valence-electron chi connectivity index (χ3n) is 5.17. The van der Waals surface area contributed by atoms with Crippen LogP contribution in [0.5, 0.6) is 5.75 Å². The van der Waals surface area contributed by atoms with Crippen LogP contribution in [0.1, 0.15) is 57.8 Å². The molecular formula is C25H30N4O6S2. The Morgan fingerprint density at radius 1 is 1.00 bits per heavy atom. The van der Waals surface area contributed by atoms with E-state index in [1.807, 2.05) is 42.7 Å². The number of aryl methyl sites for hydroxylation is 1. The van der Waals surface area contributed by atoms with Crippen molar-refractivity contribution in [1.82, 2.24) is 14.8 Å². The van der Waals surface area contributed by atoms with Gasteiger partial charge in [-0.05, 0) is 52.3 Å². The molecule has 2 aromatic heterocycles. The van der Waals surface area contributed by atoms with Crippen LogP contribution < -0.4 is 10.1 Å². The average molecular weight is 547 g/mol. The number of thioether (sulfide) groups is 1. The van der Waals surface area contributed by atoms with Gasteiger partial charge < -0.3 is 24.1 Å². The minimum Gasteiger partial charge on any atom is -0.486 e. The second-order valence-corrected chi connectivity index (χ2v) is 9.75. The van der Waals surface area contributed by atoms with Gasteiger partial charge in [-0.25, -0.2) is 9.59 Å². The third-order valence-corrected chi connectivity index (χ3v) is 7.33.